The van der Waals surface area contributed by atoms with Gasteiger partial charge in [0.1, 0.15) is 11.2 Å². The Morgan fingerprint density at radius 1 is 0.837 bits per heavy atom. The van der Waals surface area contributed by atoms with Gasteiger partial charge in [0.2, 0.25) is 0 Å². The molecule has 1 unspecified atom stereocenters. The normalized spacial score (nSPS) is 12.8. The number of alkyl carbamates (subject to hydrolysis) is 1. The third kappa shape index (κ3) is 10.6. The monoisotopic (exact) mass is 592 g/mol. The fourth-order valence-corrected chi connectivity index (χ4v) is 3.99. The van der Waals surface area contributed by atoms with Crippen LogP contribution in [0.5, 0.6) is 0 Å². The highest BCUT2D eigenvalue weighted by Crippen LogP contribution is 2.33. The highest BCUT2D eigenvalue weighted by Gasteiger charge is 2.27. The highest BCUT2D eigenvalue weighted by atomic mass is 16.6. The van der Waals surface area contributed by atoms with Crippen molar-refractivity contribution in [2.24, 2.45) is 0 Å². The van der Waals surface area contributed by atoms with Crippen LogP contribution in [0.4, 0.5) is 15.3 Å². The van der Waals surface area contributed by atoms with Crippen LogP contribution in [0.1, 0.15) is 73.6 Å². The average Bonchev–Trinajstić information content (AvgIpc) is 3.34. The average molecular weight is 593 g/mol. The Bertz CT molecular complexity index is 1390. The van der Waals surface area contributed by atoms with E-state index in [-0.39, 0.29) is 18.6 Å². The Morgan fingerprint density at radius 2 is 1.44 bits per heavy atom. The van der Waals surface area contributed by atoms with Gasteiger partial charge in [0.15, 0.2) is 6.10 Å². The number of hydrogen-bond donors (Lipinski definition) is 2. The minimum absolute atomic E-state index is 0.0789. The maximum absolute atomic E-state index is 13.3. The molecule has 0 aliphatic heterocycles. The summed E-state index contributed by atoms with van der Waals surface area (Å²) < 4.78 is 17.9. The van der Waals surface area contributed by atoms with Gasteiger partial charge in [-0.3, -0.25) is 4.79 Å². The van der Waals surface area contributed by atoms with E-state index in [2.05, 4.69) is 15.7 Å². The van der Waals surface area contributed by atoms with Gasteiger partial charge in [-0.25, -0.2) is 9.59 Å². The van der Waals surface area contributed by atoms with Crippen LogP contribution in [0, 0.1) is 0 Å². The molecule has 0 radical (unpaired) electrons. The van der Waals surface area contributed by atoms with Gasteiger partial charge in [0.25, 0.3) is 5.91 Å². The molecule has 232 valence electrons. The number of ether oxygens (including phenoxy) is 3. The van der Waals surface area contributed by atoms with Crippen molar-refractivity contribution in [2.45, 2.75) is 91.6 Å². The first kappa shape index (κ1) is 33.3. The summed E-state index contributed by atoms with van der Waals surface area (Å²) >= 11 is 0. The number of nitrogens with one attached hydrogen (secondary N) is 2. The van der Waals surface area contributed by atoms with E-state index in [1.54, 1.807) is 59.9 Å². The van der Waals surface area contributed by atoms with E-state index in [1.807, 2.05) is 63.2 Å². The lowest BCUT2D eigenvalue weighted by Crippen LogP contribution is -2.43. The summed E-state index contributed by atoms with van der Waals surface area (Å²) in [5.41, 5.74) is 2.08. The number of benzene rings is 2. The summed E-state index contributed by atoms with van der Waals surface area (Å²) in [5.74, 6) is -0.423. The van der Waals surface area contributed by atoms with Crippen LogP contribution < -0.4 is 10.6 Å². The molecule has 43 heavy (non-hydrogen) atoms. The van der Waals surface area contributed by atoms with Crippen molar-refractivity contribution in [2.75, 3.05) is 11.9 Å². The van der Waals surface area contributed by atoms with Crippen LogP contribution in [-0.2, 0) is 31.0 Å². The molecule has 2 amide bonds. The zero-order valence-corrected chi connectivity index (χ0v) is 26.6. The molecule has 3 rings (SSSR count). The first-order valence-corrected chi connectivity index (χ1v) is 14.3. The van der Waals surface area contributed by atoms with Crippen LogP contribution in [-0.4, -0.2) is 51.7 Å². The highest BCUT2D eigenvalue weighted by molar-refractivity contribution is 5.95. The molecule has 10 nitrogen and oxygen atoms in total. The fraction of sp³-hybridized carbons (Fsp3) is 0.455. The third-order valence-electron chi connectivity index (χ3n) is 5.89. The predicted molar refractivity (Wildman–Crippen MR) is 166 cm³/mol. The summed E-state index contributed by atoms with van der Waals surface area (Å²) in [5, 5.41) is 10.0. The zero-order chi connectivity index (χ0) is 32.0. The molecule has 3 aromatic rings. The van der Waals surface area contributed by atoms with E-state index in [0.717, 1.165) is 22.4 Å². The van der Waals surface area contributed by atoms with Crippen LogP contribution in [0.3, 0.4) is 0 Å². The number of nitrogens with zero attached hydrogens (tertiary/aromatic N) is 2. The fourth-order valence-electron chi connectivity index (χ4n) is 3.99. The maximum Gasteiger partial charge on any atom is 0.435 e. The second-order valence-corrected chi connectivity index (χ2v) is 13.3. The topological polar surface area (TPSA) is 121 Å². The van der Waals surface area contributed by atoms with E-state index in [4.69, 9.17) is 14.2 Å². The maximum atomic E-state index is 13.3. The van der Waals surface area contributed by atoms with Crippen LogP contribution >= 0.6 is 0 Å². The number of aromatic nitrogens is 2. The van der Waals surface area contributed by atoms with Crippen molar-refractivity contribution in [1.82, 2.24) is 15.1 Å². The molecule has 1 aromatic heterocycles. The lowest BCUT2D eigenvalue weighted by atomic mass is 9.87. The van der Waals surface area contributed by atoms with Gasteiger partial charge in [0, 0.05) is 22.9 Å². The van der Waals surface area contributed by atoms with Crippen LogP contribution in [0.25, 0.3) is 11.1 Å². The summed E-state index contributed by atoms with van der Waals surface area (Å²) in [7, 11) is 0. The Kier molecular flexibility index (Phi) is 10.4. The number of hydrogen-bond acceptors (Lipinski definition) is 7. The first-order valence-electron chi connectivity index (χ1n) is 14.3. The van der Waals surface area contributed by atoms with Crippen molar-refractivity contribution in [3.8, 4) is 11.1 Å². The van der Waals surface area contributed by atoms with Gasteiger partial charge in [-0.2, -0.15) is 9.78 Å². The number of carbonyl (C=O) groups is 3. The Morgan fingerprint density at radius 3 is 2.00 bits per heavy atom. The summed E-state index contributed by atoms with van der Waals surface area (Å²) in [6, 6.07) is 16.7. The Hall–Kier alpha value is -4.18. The Labute approximate surface area is 254 Å². The zero-order valence-electron chi connectivity index (χ0n) is 26.6. The molecule has 0 aliphatic rings. The SMILES string of the molecule is CC(C)(C)OC(=O)NCC(OCc1ccccc1)C(=O)Nc1ccc(-c2cn(C(=O)OC(C)(C)C)nc2C(C)(C)C)cc1. The first-order chi connectivity index (χ1) is 19.9. The summed E-state index contributed by atoms with van der Waals surface area (Å²) in [4.78, 5) is 38.2. The number of rotatable bonds is 8. The molecule has 0 saturated carbocycles. The molecule has 2 N–H and O–H groups in total. The van der Waals surface area contributed by atoms with Gasteiger partial charge in [-0.15, -0.1) is 0 Å². The van der Waals surface area contributed by atoms with Gasteiger partial charge >= 0.3 is 12.2 Å². The summed E-state index contributed by atoms with van der Waals surface area (Å²) in [6.45, 7) is 16.9. The van der Waals surface area contributed by atoms with Crippen molar-refractivity contribution in [3.63, 3.8) is 0 Å². The van der Waals surface area contributed by atoms with Gasteiger partial charge in [-0.1, -0.05) is 63.2 Å². The van der Waals surface area contributed by atoms with Crippen molar-refractivity contribution < 1.29 is 28.6 Å². The minimum atomic E-state index is -0.980. The van der Waals surface area contributed by atoms with Gasteiger partial charge in [-0.05, 0) is 64.8 Å². The molecule has 10 heteroatoms. The largest absolute Gasteiger partial charge is 0.444 e. The molecular formula is C33H44N4O6. The van der Waals surface area contributed by atoms with Gasteiger partial charge < -0.3 is 24.8 Å². The van der Waals surface area contributed by atoms with Crippen molar-refractivity contribution >= 4 is 23.8 Å². The van der Waals surface area contributed by atoms with Gasteiger partial charge in [0.05, 0.1) is 18.8 Å². The van der Waals surface area contributed by atoms with Crippen LogP contribution in [0.2, 0.25) is 0 Å². The smallest absolute Gasteiger partial charge is 0.435 e. The molecule has 0 bridgehead atoms. The molecule has 0 saturated heterocycles. The van der Waals surface area contributed by atoms with E-state index in [0.29, 0.717) is 5.69 Å². The molecule has 0 spiro atoms. The van der Waals surface area contributed by atoms with E-state index in [1.165, 1.54) is 4.68 Å². The second kappa shape index (κ2) is 13.4. The lowest BCUT2D eigenvalue weighted by molar-refractivity contribution is -0.127. The van der Waals surface area contributed by atoms with E-state index >= 15 is 0 Å². The number of anilines is 1. The van der Waals surface area contributed by atoms with E-state index < -0.39 is 35.4 Å². The van der Waals surface area contributed by atoms with Crippen LogP contribution in [0.15, 0.2) is 60.8 Å². The minimum Gasteiger partial charge on any atom is -0.444 e. The molecule has 1 heterocycles. The molecule has 1 atom stereocenters. The van der Waals surface area contributed by atoms with Crippen molar-refractivity contribution in [3.05, 3.63) is 72.1 Å². The molecule has 0 fully saturated rings. The molecular weight excluding hydrogens is 548 g/mol. The number of carbonyl (C=O) groups excluding carboxylic acids is 3. The predicted octanol–water partition coefficient (Wildman–Crippen LogP) is 6.68. The lowest BCUT2D eigenvalue weighted by Gasteiger charge is -2.22. The summed E-state index contributed by atoms with van der Waals surface area (Å²) in [6.07, 6.45) is -0.515. The van der Waals surface area contributed by atoms with E-state index in [9.17, 15) is 14.4 Å². The molecule has 2 aromatic carbocycles. The standard InChI is InChI=1S/C33H44N4O6/c1-31(2,3)27-25(20-37(36-27)30(40)43-33(7,8)9)23-15-17-24(18-16-23)35-28(38)26(19-34-29(39)42-32(4,5)6)41-21-22-13-11-10-12-14-22/h10-18,20,26H,19,21H2,1-9H3,(H,34,39)(H,35,38). The Balaban J connectivity index is 1.77. The third-order valence-corrected chi connectivity index (χ3v) is 5.89. The van der Waals surface area contributed by atoms with Crippen molar-refractivity contribution in [1.29, 1.82) is 0 Å². The number of amides is 2. The molecule has 0 aliphatic carbocycles. The second-order valence-electron chi connectivity index (χ2n) is 13.3. The quantitative estimate of drug-likeness (QED) is 0.299.